The first kappa shape index (κ1) is 19.9. The number of aryl methyl sites for hydroxylation is 1. The number of aromatic nitrogens is 3. The molecule has 7 nitrogen and oxygen atoms in total. The average molecular weight is 439 g/mol. The maximum absolute atomic E-state index is 14.0. The summed E-state index contributed by atoms with van der Waals surface area (Å²) in [4.78, 5) is 16.5. The van der Waals surface area contributed by atoms with E-state index in [0.717, 1.165) is 42.3 Å². The van der Waals surface area contributed by atoms with Crippen LogP contribution in [0, 0.1) is 12.7 Å². The van der Waals surface area contributed by atoms with E-state index in [1.54, 1.807) is 0 Å². The van der Waals surface area contributed by atoms with Crippen LogP contribution in [0.3, 0.4) is 0 Å². The molecule has 1 N–H and O–H groups in total. The fraction of sp³-hybridized carbons (Fsp3) is 0.500. The molecule has 1 aliphatic heterocycles. The molecule has 2 heterocycles. The molecule has 1 fully saturated rings. The molecule has 0 radical (unpaired) electrons. The summed E-state index contributed by atoms with van der Waals surface area (Å²) in [5, 5.41) is 10.9. The summed E-state index contributed by atoms with van der Waals surface area (Å²) in [7, 11) is 1.88. The Morgan fingerprint density at radius 3 is 2.56 bits per heavy atom. The van der Waals surface area contributed by atoms with Crippen LogP contribution in [0.4, 0.5) is 4.39 Å². The van der Waals surface area contributed by atoms with Gasteiger partial charge in [0, 0.05) is 49.8 Å². The molecular formula is C18H24BrFN6O. The van der Waals surface area contributed by atoms with E-state index in [1.165, 1.54) is 6.07 Å². The quantitative estimate of drug-likeness (QED) is 0.739. The lowest BCUT2D eigenvalue weighted by Gasteiger charge is -2.34. The van der Waals surface area contributed by atoms with E-state index in [0.29, 0.717) is 25.2 Å². The van der Waals surface area contributed by atoms with Crippen molar-refractivity contribution >= 4 is 21.8 Å². The Balaban J connectivity index is 1.41. The smallest absolute Gasteiger partial charge is 0.234 e. The molecule has 0 spiro atoms. The highest BCUT2D eigenvalue weighted by atomic mass is 79.9. The number of hydrogen-bond acceptors (Lipinski definition) is 5. The summed E-state index contributed by atoms with van der Waals surface area (Å²) in [6.45, 7) is 6.39. The van der Waals surface area contributed by atoms with Gasteiger partial charge >= 0.3 is 0 Å². The van der Waals surface area contributed by atoms with Crippen molar-refractivity contribution in [3.05, 3.63) is 45.7 Å². The molecule has 2 aromatic rings. The van der Waals surface area contributed by atoms with Crippen molar-refractivity contribution in [1.82, 2.24) is 29.9 Å². The van der Waals surface area contributed by atoms with Gasteiger partial charge in [0.25, 0.3) is 0 Å². The summed E-state index contributed by atoms with van der Waals surface area (Å²) in [6, 6.07) is 5.17. The fourth-order valence-corrected chi connectivity index (χ4v) is 3.37. The highest BCUT2D eigenvalue weighted by Gasteiger charge is 2.20. The number of benzene rings is 1. The van der Waals surface area contributed by atoms with Gasteiger partial charge in [-0.15, -0.1) is 10.2 Å². The Labute approximate surface area is 166 Å². The van der Waals surface area contributed by atoms with Crippen molar-refractivity contribution in [2.24, 2.45) is 7.05 Å². The van der Waals surface area contributed by atoms with Gasteiger partial charge in [0.1, 0.15) is 11.6 Å². The largest absolute Gasteiger partial charge is 0.348 e. The molecule has 0 bridgehead atoms. The lowest BCUT2D eigenvalue weighted by Crippen LogP contribution is -2.49. The van der Waals surface area contributed by atoms with Crippen molar-refractivity contribution in [1.29, 1.82) is 0 Å². The van der Waals surface area contributed by atoms with Gasteiger partial charge in [0.15, 0.2) is 5.82 Å². The number of hydrogen-bond donors (Lipinski definition) is 1. The number of nitrogens with zero attached hydrogens (tertiary/aromatic N) is 5. The summed E-state index contributed by atoms with van der Waals surface area (Å²) >= 11 is 3.28. The third-order valence-electron chi connectivity index (χ3n) is 4.87. The zero-order valence-corrected chi connectivity index (χ0v) is 17.2. The Kier molecular flexibility index (Phi) is 6.56. The Bertz CT molecular complexity index is 803. The van der Waals surface area contributed by atoms with Crippen LogP contribution in [0.2, 0.25) is 0 Å². The van der Waals surface area contributed by atoms with E-state index in [2.05, 4.69) is 41.2 Å². The lowest BCUT2D eigenvalue weighted by atomic mass is 10.2. The summed E-state index contributed by atoms with van der Waals surface area (Å²) in [6.07, 6.45) is 0. The normalized spacial score (nSPS) is 15.9. The van der Waals surface area contributed by atoms with Crippen LogP contribution in [-0.4, -0.2) is 63.2 Å². The van der Waals surface area contributed by atoms with Gasteiger partial charge in [-0.25, -0.2) is 4.39 Å². The van der Waals surface area contributed by atoms with Crippen LogP contribution in [0.15, 0.2) is 22.7 Å². The van der Waals surface area contributed by atoms with Gasteiger partial charge in [0.05, 0.1) is 13.1 Å². The van der Waals surface area contributed by atoms with Crippen molar-refractivity contribution in [3.8, 4) is 0 Å². The van der Waals surface area contributed by atoms with Gasteiger partial charge in [-0.05, 0) is 19.1 Å². The summed E-state index contributed by atoms with van der Waals surface area (Å²) < 4.78 is 16.6. The number of piperazine rings is 1. The zero-order chi connectivity index (χ0) is 19.4. The maximum atomic E-state index is 14.0. The van der Waals surface area contributed by atoms with E-state index in [1.807, 2.05) is 30.7 Å². The third-order valence-corrected chi connectivity index (χ3v) is 5.36. The number of halogens is 2. The minimum absolute atomic E-state index is 0.0249. The Morgan fingerprint density at radius 1 is 1.22 bits per heavy atom. The zero-order valence-electron chi connectivity index (χ0n) is 15.6. The highest BCUT2D eigenvalue weighted by Crippen LogP contribution is 2.17. The predicted molar refractivity (Wildman–Crippen MR) is 103 cm³/mol. The fourth-order valence-electron chi connectivity index (χ4n) is 3.04. The van der Waals surface area contributed by atoms with E-state index in [9.17, 15) is 9.18 Å². The Hall–Kier alpha value is -1.84. The van der Waals surface area contributed by atoms with Crippen LogP contribution >= 0.6 is 15.9 Å². The van der Waals surface area contributed by atoms with Crippen LogP contribution < -0.4 is 5.32 Å². The molecule has 3 rings (SSSR count). The molecule has 1 aliphatic rings. The van der Waals surface area contributed by atoms with E-state index < -0.39 is 0 Å². The molecule has 146 valence electrons. The van der Waals surface area contributed by atoms with Crippen molar-refractivity contribution in [2.75, 3.05) is 32.7 Å². The molecule has 1 aromatic carbocycles. The molecule has 1 amide bonds. The van der Waals surface area contributed by atoms with Crippen LogP contribution in [0.5, 0.6) is 0 Å². The molecule has 0 unspecified atom stereocenters. The topological polar surface area (TPSA) is 66.3 Å². The molecule has 0 aliphatic carbocycles. The van der Waals surface area contributed by atoms with Gasteiger partial charge in [-0.2, -0.15) is 0 Å². The number of carbonyl (C=O) groups is 1. The number of carbonyl (C=O) groups excluding carboxylic acids is 1. The van der Waals surface area contributed by atoms with Crippen molar-refractivity contribution in [2.45, 2.75) is 20.0 Å². The van der Waals surface area contributed by atoms with E-state index in [4.69, 9.17) is 0 Å². The number of amides is 1. The van der Waals surface area contributed by atoms with Gasteiger partial charge in [-0.1, -0.05) is 22.0 Å². The van der Waals surface area contributed by atoms with Gasteiger partial charge < -0.3 is 9.88 Å². The second-order valence-corrected chi connectivity index (χ2v) is 7.70. The second-order valence-electron chi connectivity index (χ2n) is 6.79. The third kappa shape index (κ3) is 5.33. The minimum Gasteiger partial charge on any atom is -0.348 e. The lowest BCUT2D eigenvalue weighted by molar-refractivity contribution is -0.122. The SMILES string of the molecule is Cc1nnc(CNC(=O)CN2CCN(Cc3ccc(Br)cc3F)CC2)n1C. The average Bonchev–Trinajstić information content (AvgIpc) is 2.96. The van der Waals surface area contributed by atoms with Crippen LogP contribution in [-0.2, 0) is 24.9 Å². The standard InChI is InChI=1S/C18H24BrFN6O/c1-13-22-23-17(24(13)2)10-21-18(27)12-26-7-5-25(6-8-26)11-14-3-4-15(19)9-16(14)20/h3-4,9H,5-8,10-12H2,1-2H3,(H,21,27). The number of rotatable bonds is 6. The first-order valence-electron chi connectivity index (χ1n) is 8.92. The minimum atomic E-state index is -0.190. The molecule has 1 aromatic heterocycles. The Morgan fingerprint density at radius 2 is 1.93 bits per heavy atom. The summed E-state index contributed by atoms with van der Waals surface area (Å²) in [5.41, 5.74) is 0.698. The monoisotopic (exact) mass is 438 g/mol. The second kappa shape index (κ2) is 8.90. The van der Waals surface area contributed by atoms with Gasteiger partial charge in [-0.3, -0.25) is 14.6 Å². The molecular weight excluding hydrogens is 415 g/mol. The van der Waals surface area contributed by atoms with Crippen LogP contribution in [0.1, 0.15) is 17.2 Å². The molecule has 9 heteroatoms. The molecule has 27 heavy (non-hydrogen) atoms. The van der Waals surface area contributed by atoms with Crippen molar-refractivity contribution in [3.63, 3.8) is 0 Å². The maximum Gasteiger partial charge on any atom is 0.234 e. The first-order valence-corrected chi connectivity index (χ1v) is 9.72. The molecule has 0 atom stereocenters. The van der Waals surface area contributed by atoms with E-state index in [-0.39, 0.29) is 11.7 Å². The number of nitrogens with one attached hydrogen (secondary N) is 1. The molecule has 1 saturated heterocycles. The van der Waals surface area contributed by atoms with Crippen molar-refractivity contribution < 1.29 is 9.18 Å². The predicted octanol–water partition coefficient (Wildman–Crippen LogP) is 1.46. The van der Waals surface area contributed by atoms with Crippen LogP contribution in [0.25, 0.3) is 0 Å². The highest BCUT2D eigenvalue weighted by molar-refractivity contribution is 9.10. The molecule has 0 saturated carbocycles. The summed E-state index contributed by atoms with van der Waals surface area (Å²) in [5.74, 6) is 1.34. The first-order chi connectivity index (χ1) is 12.9. The van der Waals surface area contributed by atoms with E-state index >= 15 is 0 Å². The van der Waals surface area contributed by atoms with Gasteiger partial charge in [0.2, 0.25) is 5.91 Å².